The third-order valence-corrected chi connectivity index (χ3v) is 5.02. The molecule has 0 aliphatic carbocycles. The van der Waals surface area contributed by atoms with Crippen LogP contribution in [0.25, 0.3) is 0 Å². The van der Waals surface area contributed by atoms with Crippen LogP contribution in [-0.2, 0) is 0 Å². The van der Waals surface area contributed by atoms with Gasteiger partial charge in [-0.05, 0) is 54.4 Å². The summed E-state index contributed by atoms with van der Waals surface area (Å²) in [6, 6.07) is 7.37. The third kappa shape index (κ3) is 8.97. The molecular formula is C25H41N5O. The molecule has 1 aliphatic heterocycles. The van der Waals surface area contributed by atoms with Gasteiger partial charge in [0.15, 0.2) is 0 Å². The molecule has 0 spiro atoms. The molecule has 0 radical (unpaired) electrons. The number of amides is 1. The minimum absolute atomic E-state index is 0.0548. The summed E-state index contributed by atoms with van der Waals surface area (Å²) in [5.74, 6) is 1.41. The van der Waals surface area contributed by atoms with Crippen molar-refractivity contribution in [3.63, 3.8) is 0 Å². The van der Waals surface area contributed by atoms with E-state index in [1.54, 1.807) is 0 Å². The van der Waals surface area contributed by atoms with Gasteiger partial charge < -0.3 is 20.9 Å². The first-order valence-electron chi connectivity index (χ1n) is 11.3. The van der Waals surface area contributed by atoms with E-state index in [4.69, 9.17) is 0 Å². The largest absolute Gasteiger partial charge is 0.351 e. The van der Waals surface area contributed by atoms with Crippen molar-refractivity contribution in [3.8, 4) is 0 Å². The van der Waals surface area contributed by atoms with E-state index < -0.39 is 0 Å². The average molecular weight is 428 g/mol. The molecule has 3 N–H and O–H groups in total. The van der Waals surface area contributed by atoms with E-state index in [2.05, 4.69) is 73.1 Å². The minimum atomic E-state index is -0.0548. The molecule has 1 aliphatic rings. The number of benzene rings is 1. The Balaban J connectivity index is 0.00000233. The number of aliphatic imine (C=N–C) groups is 1. The number of hydrogen-bond acceptors (Lipinski definition) is 5. The second kappa shape index (κ2) is 13.0. The molecule has 2 rings (SSSR count). The van der Waals surface area contributed by atoms with Crippen LogP contribution < -0.4 is 16.0 Å². The van der Waals surface area contributed by atoms with Gasteiger partial charge in [0.2, 0.25) is 0 Å². The average Bonchev–Trinajstić information content (AvgIpc) is 3.22. The molecule has 0 atom stereocenters. The van der Waals surface area contributed by atoms with E-state index in [0.29, 0.717) is 17.9 Å². The fourth-order valence-corrected chi connectivity index (χ4v) is 2.99. The van der Waals surface area contributed by atoms with Crippen molar-refractivity contribution in [1.82, 2.24) is 15.5 Å². The first kappa shape index (κ1) is 26.4. The molecular weight excluding hydrogens is 386 g/mol. The summed E-state index contributed by atoms with van der Waals surface area (Å²) in [4.78, 5) is 19.1. The summed E-state index contributed by atoms with van der Waals surface area (Å²) in [5, 5.41) is 9.38. The lowest BCUT2D eigenvalue weighted by Crippen LogP contribution is -2.34. The molecule has 0 fully saturated rings. The van der Waals surface area contributed by atoms with Crippen LogP contribution >= 0.6 is 0 Å². The van der Waals surface area contributed by atoms with Gasteiger partial charge in [-0.3, -0.25) is 9.79 Å². The van der Waals surface area contributed by atoms with Gasteiger partial charge in [-0.25, -0.2) is 0 Å². The molecule has 0 unspecified atom stereocenters. The number of hydrogen-bond donors (Lipinski definition) is 3. The minimum Gasteiger partial charge on any atom is -0.351 e. The van der Waals surface area contributed by atoms with Crippen molar-refractivity contribution in [2.45, 2.75) is 48.5 Å². The Morgan fingerprint density at radius 2 is 1.71 bits per heavy atom. The van der Waals surface area contributed by atoms with Gasteiger partial charge in [0.05, 0.1) is 6.54 Å². The molecule has 1 heterocycles. The number of anilines is 1. The topological polar surface area (TPSA) is 68.8 Å². The number of carbonyl (C=O) groups excluding carboxylic acids is 1. The molecule has 31 heavy (non-hydrogen) atoms. The smallest absolute Gasteiger partial charge is 0.251 e. The van der Waals surface area contributed by atoms with Crippen LogP contribution in [0.3, 0.4) is 0 Å². The van der Waals surface area contributed by atoms with Gasteiger partial charge in [-0.15, -0.1) is 0 Å². The summed E-state index contributed by atoms with van der Waals surface area (Å²) in [6.45, 7) is 23.0. The normalized spacial score (nSPS) is 13.0. The molecule has 0 saturated heterocycles. The molecule has 1 amide bonds. The first-order chi connectivity index (χ1) is 14.7. The van der Waals surface area contributed by atoms with Crippen LogP contribution in [-0.4, -0.2) is 49.4 Å². The Morgan fingerprint density at radius 3 is 2.23 bits per heavy atom. The van der Waals surface area contributed by atoms with Crippen LogP contribution in [0.1, 0.15) is 58.8 Å². The van der Waals surface area contributed by atoms with Gasteiger partial charge in [0, 0.05) is 24.3 Å². The number of carbonyl (C=O) groups is 1. The molecule has 1 aromatic carbocycles. The number of rotatable bonds is 9. The Kier molecular flexibility index (Phi) is 11.0. The monoisotopic (exact) mass is 427 g/mol. The number of nitrogens with one attached hydrogen (secondary N) is 3. The molecule has 1 aromatic rings. The zero-order valence-electron chi connectivity index (χ0n) is 20.4. The SMILES string of the molecule is C=C(NC1=NCC(C(C)(C)C)=C1)Nc1ccc(C(=O)NCCN(CC)CC)cc1.CC. The summed E-state index contributed by atoms with van der Waals surface area (Å²) in [6.07, 6.45) is 2.08. The third-order valence-electron chi connectivity index (χ3n) is 5.02. The Labute approximate surface area is 188 Å². The quantitative estimate of drug-likeness (QED) is 0.537. The lowest BCUT2D eigenvalue weighted by atomic mass is 9.87. The molecule has 0 bridgehead atoms. The maximum Gasteiger partial charge on any atom is 0.251 e. The van der Waals surface area contributed by atoms with Crippen molar-refractivity contribution in [2.75, 3.05) is 38.0 Å². The summed E-state index contributed by atoms with van der Waals surface area (Å²) >= 11 is 0. The predicted molar refractivity (Wildman–Crippen MR) is 134 cm³/mol. The molecule has 0 saturated carbocycles. The maximum atomic E-state index is 12.3. The molecule has 6 nitrogen and oxygen atoms in total. The number of nitrogens with zero attached hydrogens (tertiary/aromatic N) is 2. The lowest BCUT2D eigenvalue weighted by Gasteiger charge is -2.18. The Hall–Kier alpha value is -2.60. The second-order valence-corrected chi connectivity index (χ2v) is 8.21. The first-order valence-corrected chi connectivity index (χ1v) is 11.3. The van der Waals surface area contributed by atoms with Crippen molar-refractivity contribution in [3.05, 3.63) is 53.9 Å². The predicted octanol–water partition coefficient (Wildman–Crippen LogP) is 4.64. The summed E-state index contributed by atoms with van der Waals surface area (Å²) < 4.78 is 0. The molecule has 172 valence electrons. The number of likely N-dealkylation sites (N-methyl/N-ethyl adjacent to an activating group) is 1. The van der Waals surface area contributed by atoms with E-state index in [-0.39, 0.29) is 11.3 Å². The highest BCUT2D eigenvalue weighted by Gasteiger charge is 2.21. The van der Waals surface area contributed by atoms with Crippen molar-refractivity contribution in [1.29, 1.82) is 0 Å². The van der Waals surface area contributed by atoms with Crippen molar-refractivity contribution >= 4 is 17.4 Å². The molecule has 6 heteroatoms. The van der Waals surface area contributed by atoms with E-state index in [9.17, 15) is 4.79 Å². The molecule has 0 aromatic heterocycles. The van der Waals surface area contributed by atoms with Crippen LogP contribution in [0.5, 0.6) is 0 Å². The second-order valence-electron chi connectivity index (χ2n) is 8.21. The summed E-state index contributed by atoms with van der Waals surface area (Å²) in [5.41, 5.74) is 2.92. The zero-order valence-corrected chi connectivity index (χ0v) is 20.4. The highest BCUT2D eigenvalue weighted by molar-refractivity contribution is 5.97. The Morgan fingerprint density at radius 1 is 1.10 bits per heavy atom. The van der Waals surface area contributed by atoms with E-state index in [1.165, 1.54) is 5.57 Å². The van der Waals surface area contributed by atoms with Crippen LogP contribution in [0, 0.1) is 5.41 Å². The van der Waals surface area contributed by atoms with Gasteiger partial charge >= 0.3 is 0 Å². The van der Waals surface area contributed by atoms with Gasteiger partial charge in [0.25, 0.3) is 5.91 Å². The van der Waals surface area contributed by atoms with E-state index >= 15 is 0 Å². The fourth-order valence-electron chi connectivity index (χ4n) is 2.99. The maximum absolute atomic E-state index is 12.3. The van der Waals surface area contributed by atoms with Gasteiger partial charge in [0.1, 0.15) is 11.7 Å². The van der Waals surface area contributed by atoms with E-state index in [1.807, 2.05) is 38.1 Å². The number of amidine groups is 1. The van der Waals surface area contributed by atoms with Crippen LogP contribution in [0.15, 0.2) is 53.3 Å². The van der Waals surface area contributed by atoms with Crippen LogP contribution in [0.4, 0.5) is 5.69 Å². The lowest BCUT2D eigenvalue weighted by molar-refractivity contribution is 0.0949. The van der Waals surface area contributed by atoms with Crippen molar-refractivity contribution in [2.24, 2.45) is 10.4 Å². The standard InChI is InChI=1S/C23H35N5O.C2H6/c1-7-28(8-2)14-13-24-22(29)18-9-11-20(12-10-18)26-17(3)27-21-15-19(16-25-21)23(4,5)6;1-2/h9-12,15,26H,3,7-8,13-14,16H2,1-2,4-6H3,(H,24,29)(H,25,27);1-2H3. The highest BCUT2D eigenvalue weighted by atomic mass is 16.1. The van der Waals surface area contributed by atoms with E-state index in [0.717, 1.165) is 37.7 Å². The van der Waals surface area contributed by atoms with Crippen molar-refractivity contribution < 1.29 is 4.79 Å². The zero-order chi connectivity index (χ0) is 23.4. The van der Waals surface area contributed by atoms with Gasteiger partial charge in [-0.1, -0.05) is 55.0 Å². The van der Waals surface area contributed by atoms with Crippen LogP contribution in [0.2, 0.25) is 0 Å². The summed E-state index contributed by atoms with van der Waals surface area (Å²) in [7, 11) is 0. The van der Waals surface area contributed by atoms with Gasteiger partial charge in [-0.2, -0.15) is 0 Å². The fraction of sp³-hybridized carbons (Fsp3) is 0.520. The highest BCUT2D eigenvalue weighted by Crippen LogP contribution is 2.27. The Bertz CT molecular complexity index is 768.